The molecule has 0 radical (unpaired) electrons. The van der Waals surface area contributed by atoms with Crippen LogP contribution in [0, 0.1) is 12.7 Å². The molecule has 37 heavy (non-hydrogen) atoms. The normalized spacial score (nSPS) is 11.4. The largest absolute Gasteiger partial charge is 0.322 e. The molecule has 0 saturated carbocycles. The Bertz CT molecular complexity index is 1740. The smallest absolute Gasteiger partial charge is 0.264 e. The van der Waals surface area contributed by atoms with E-state index in [2.05, 4.69) is 15.0 Å². The number of nitrogens with one attached hydrogen (secondary N) is 2. The number of aromatic nitrogens is 2. The summed E-state index contributed by atoms with van der Waals surface area (Å²) in [6.45, 7) is 1.88. The average Bonchev–Trinajstić information content (AvgIpc) is 3.21. The van der Waals surface area contributed by atoms with Crippen LogP contribution in [-0.4, -0.2) is 23.9 Å². The van der Waals surface area contributed by atoms with Crippen molar-refractivity contribution < 1.29 is 17.6 Å². The maximum atomic E-state index is 14.5. The number of rotatable bonds is 6. The molecule has 0 bridgehead atoms. The lowest BCUT2D eigenvalue weighted by Gasteiger charge is -2.11. The summed E-state index contributed by atoms with van der Waals surface area (Å²) in [5, 5.41) is 3.07. The van der Waals surface area contributed by atoms with Gasteiger partial charge in [0.05, 0.1) is 11.0 Å². The van der Waals surface area contributed by atoms with Gasteiger partial charge in [-0.15, -0.1) is 0 Å². The van der Waals surface area contributed by atoms with Crippen LogP contribution in [-0.2, 0) is 10.0 Å². The number of carbonyl (C=O) groups is 1. The third-order valence-electron chi connectivity index (χ3n) is 5.67. The van der Waals surface area contributed by atoms with Gasteiger partial charge in [-0.3, -0.25) is 14.1 Å². The van der Waals surface area contributed by atoms with E-state index in [0.29, 0.717) is 16.1 Å². The number of fused-ring (bicyclic) bond motifs is 1. The summed E-state index contributed by atoms with van der Waals surface area (Å²) in [7, 11) is -4.27. The van der Waals surface area contributed by atoms with Gasteiger partial charge in [0.15, 0.2) is 0 Å². The standard InChI is InChI=1S/C27H20ClFN4O3S/c1-17-30-24-15-18(7-14-25(24)33(17)22-5-3-2-4-6-22)27(34)31-21-12-13-23(29)26(16-21)37(35,36)32-20-10-8-19(28)9-11-20/h2-16,32H,1H3,(H,31,34). The number of aryl methyl sites for hydroxylation is 1. The number of carbonyl (C=O) groups excluding carboxylic acids is 1. The summed E-state index contributed by atoms with van der Waals surface area (Å²) in [5.74, 6) is -0.683. The predicted octanol–water partition coefficient (Wildman–Crippen LogP) is 6.18. The van der Waals surface area contributed by atoms with Crippen molar-refractivity contribution in [2.24, 2.45) is 0 Å². The molecule has 10 heteroatoms. The van der Waals surface area contributed by atoms with E-state index in [9.17, 15) is 17.6 Å². The van der Waals surface area contributed by atoms with Crippen molar-refractivity contribution in [3.63, 3.8) is 0 Å². The van der Waals surface area contributed by atoms with Crippen molar-refractivity contribution in [3.8, 4) is 5.69 Å². The van der Waals surface area contributed by atoms with Crippen LogP contribution in [0.25, 0.3) is 16.7 Å². The maximum Gasteiger partial charge on any atom is 0.264 e. The van der Waals surface area contributed by atoms with Gasteiger partial charge in [0.2, 0.25) is 0 Å². The van der Waals surface area contributed by atoms with Crippen LogP contribution in [0.2, 0.25) is 5.02 Å². The fraction of sp³-hybridized carbons (Fsp3) is 0.0370. The number of benzene rings is 4. The van der Waals surface area contributed by atoms with Crippen molar-refractivity contribution in [2.75, 3.05) is 10.0 Å². The molecule has 0 aliphatic rings. The topological polar surface area (TPSA) is 93.1 Å². The Morgan fingerprint density at radius 3 is 2.35 bits per heavy atom. The Morgan fingerprint density at radius 2 is 1.62 bits per heavy atom. The predicted molar refractivity (Wildman–Crippen MR) is 142 cm³/mol. The quantitative estimate of drug-likeness (QED) is 0.272. The molecule has 2 N–H and O–H groups in total. The van der Waals surface area contributed by atoms with Gasteiger partial charge in [0.1, 0.15) is 16.5 Å². The van der Waals surface area contributed by atoms with Crippen LogP contribution in [0.1, 0.15) is 16.2 Å². The summed E-state index contributed by atoms with van der Waals surface area (Å²) in [6, 6.07) is 24.1. The van der Waals surface area contributed by atoms with Crippen LogP contribution in [0.5, 0.6) is 0 Å². The second-order valence-corrected chi connectivity index (χ2v) is 10.3. The zero-order valence-corrected chi connectivity index (χ0v) is 21.0. The van der Waals surface area contributed by atoms with E-state index in [1.165, 1.54) is 30.3 Å². The maximum absolute atomic E-state index is 14.5. The van der Waals surface area contributed by atoms with E-state index in [1.807, 2.05) is 41.8 Å². The molecular weight excluding hydrogens is 515 g/mol. The number of nitrogens with zero attached hydrogens (tertiary/aromatic N) is 2. The zero-order chi connectivity index (χ0) is 26.2. The van der Waals surface area contributed by atoms with E-state index in [4.69, 9.17) is 11.6 Å². The Kier molecular flexibility index (Phi) is 6.41. The first-order valence-electron chi connectivity index (χ1n) is 11.1. The Hall–Kier alpha value is -4.21. The zero-order valence-electron chi connectivity index (χ0n) is 19.4. The molecule has 0 unspecified atom stereocenters. The van der Waals surface area contributed by atoms with Crippen molar-refractivity contribution >= 4 is 49.9 Å². The van der Waals surface area contributed by atoms with E-state index < -0.39 is 26.6 Å². The molecule has 5 rings (SSSR count). The van der Waals surface area contributed by atoms with Crippen LogP contribution in [0.15, 0.2) is 95.9 Å². The summed E-state index contributed by atoms with van der Waals surface area (Å²) in [6.07, 6.45) is 0. The first-order chi connectivity index (χ1) is 17.7. The molecular formula is C27H20ClFN4O3S. The number of sulfonamides is 1. The van der Waals surface area contributed by atoms with Gasteiger partial charge in [-0.25, -0.2) is 17.8 Å². The van der Waals surface area contributed by atoms with E-state index in [0.717, 1.165) is 29.2 Å². The fourth-order valence-electron chi connectivity index (χ4n) is 3.96. The Balaban J connectivity index is 1.40. The number of hydrogen-bond donors (Lipinski definition) is 2. The van der Waals surface area contributed by atoms with E-state index in [1.54, 1.807) is 18.2 Å². The van der Waals surface area contributed by atoms with Gasteiger partial charge in [0, 0.05) is 27.6 Å². The summed E-state index contributed by atoms with van der Waals surface area (Å²) >= 11 is 5.83. The van der Waals surface area contributed by atoms with Gasteiger partial charge < -0.3 is 5.32 Å². The van der Waals surface area contributed by atoms with Crippen LogP contribution < -0.4 is 10.0 Å². The Morgan fingerprint density at radius 1 is 0.919 bits per heavy atom. The van der Waals surface area contributed by atoms with Crippen LogP contribution >= 0.6 is 11.6 Å². The van der Waals surface area contributed by atoms with Gasteiger partial charge in [0.25, 0.3) is 15.9 Å². The van der Waals surface area contributed by atoms with E-state index in [-0.39, 0.29) is 11.4 Å². The fourth-order valence-corrected chi connectivity index (χ4v) is 5.25. The number of anilines is 2. The number of amides is 1. The minimum Gasteiger partial charge on any atom is -0.322 e. The lowest BCUT2D eigenvalue weighted by atomic mass is 10.1. The highest BCUT2D eigenvalue weighted by molar-refractivity contribution is 7.92. The van der Waals surface area contributed by atoms with Crippen LogP contribution in [0.3, 0.4) is 0 Å². The molecule has 0 aliphatic heterocycles. The molecule has 1 heterocycles. The molecule has 0 spiro atoms. The molecule has 5 aromatic rings. The monoisotopic (exact) mass is 534 g/mol. The summed E-state index contributed by atoms with van der Waals surface area (Å²) < 4.78 is 44.4. The van der Waals surface area contributed by atoms with E-state index >= 15 is 0 Å². The lowest BCUT2D eigenvalue weighted by molar-refractivity contribution is 0.102. The molecule has 0 fully saturated rings. The van der Waals surface area contributed by atoms with Crippen molar-refractivity contribution in [3.05, 3.63) is 113 Å². The minimum absolute atomic E-state index is 0.119. The molecule has 186 valence electrons. The molecule has 7 nitrogen and oxygen atoms in total. The number of para-hydroxylation sites is 1. The first-order valence-corrected chi connectivity index (χ1v) is 13.0. The number of imidazole rings is 1. The summed E-state index contributed by atoms with van der Waals surface area (Å²) in [5.41, 5.74) is 3.07. The third-order valence-corrected chi connectivity index (χ3v) is 7.32. The second-order valence-electron chi connectivity index (χ2n) is 8.25. The minimum atomic E-state index is -4.27. The highest BCUT2D eigenvalue weighted by atomic mass is 35.5. The lowest BCUT2D eigenvalue weighted by Crippen LogP contribution is -2.16. The second kappa shape index (κ2) is 9.68. The van der Waals surface area contributed by atoms with Gasteiger partial charge in [-0.1, -0.05) is 29.8 Å². The highest BCUT2D eigenvalue weighted by Gasteiger charge is 2.21. The van der Waals surface area contributed by atoms with Crippen LogP contribution in [0.4, 0.5) is 15.8 Å². The van der Waals surface area contributed by atoms with Crippen molar-refractivity contribution in [1.29, 1.82) is 0 Å². The first kappa shape index (κ1) is 24.5. The molecule has 1 amide bonds. The SMILES string of the molecule is Cc1nc2cc(C(=O)Nc3ccc(F)c(S(=O)(=O)Nc4ccc(Cl)cc4)c3)ccc2n1-c1ccccc1. The Labute approximate surface area is 217 Å². The third kappa shape index (κ3) is 5.04. The molecule has 1 aromatic heterocycles. The average molecular weight is 535 g/mol. The summed E-state index contributed by atoms with van der Waals surface area (Å²) in [4.78, 5) is 16.9. The molecule has 0 saturated heterocycles. The molecule has 0 aliphatic carbocycles. The van der Waals surface area contributed by atoms with Gasteiger partial charge in [-0.2, -0.15) is 0 Å². The van der Waals surface area contributed by atoms with Gasteiger partial charge in [-0.05, 0) is 79.7 Å². The van der Waals surface area contributed by atoms with Gasteiger partial charge >= 0.3 is 0 Å². The molecule has 4 aromatic carbocycles. The van der Waals surface area contributed by atoms with Crippen molar-refractivity contribution in [2.45, 2.75) is 11.8 Å². The number of hydrogen-bond acceptors (Lipinski definition) is 4. The highest BCUT2D eigenvalue weighted by Crippen LogP contribution is 2.25. The number of halogens is 2. The van der Waals surface area contributed by atoms with Crippen molar-refractivity contribution in [1.82, 2.24) is 9.55 Å². The molecule has 0 atom stereocenters.